The van der Waals surface area contributed by atoms with Crippen LogP contribution >= 0.6 is 0 Å². The molecule has 1 aliphatic rings. The van der Waals surface area contributed by atoms with Gasteiger partial charge in [-0.1, -0.05) is 33.6 Å². The van der Waals surface area contributed by atoms with Crippen LogP contribution in [0.15, 0.2) is 18.2 Å². The van der Waals surface area contributed by atoms with E-state index in [1.807, 2.05) is 20.8 Å². The molecule has 5 atom stereocenters. The summed E-state index contributed by atoms with van der Waals surface area (Å²) in [4.78, 5) is 12.2. The van der Waals surface area contributed by atoms with E-state index in [-0.39, 0.29) is 12.3 Å². The van der Waals surface area contributed by atoms with Crippen molar-refractivity contribution in [2.24, 2.45) is 0 Å². The van der Waals surface area contributed by atoms with E-state index < -0.39 is 48.4 Å². The fraction of sp³-hybridized carbons (Fsp3) is 0.708. The second-order valence-corrected chi connectivity index (χ2v) is 8.13. The van der Waals surface area contributed by atoms with E-state index >= 15 is 0 Å². The maximum Gasteiger partial charge on any atom is 0.411 e. The van der Waals surface area contributed by atoms with Crippen molar-refractivity contribution >= 4 is 11.8 Å². The van der Waals surface area contributed by atoms with Crippen molar-refractivity contribution in [2.75, 3.05) is 31.7 Å². The van der Waals surface area contributed by atoms with Crippen LogP contribution in [-0.4, -0.2) is 68.3 Å². The molecule has 1 fully saturated rings. The Morgan fingerprint density at radius 3 is 2.32 bits per heavy atom. The van der Waals surface area contributed by atoms with E-state index in [2.05, 4.69) is 5.32 Å². The fourth-order valence-electron chi connectivity index (χ4n) is 3.39. The Bertz CT molecular complexity index is 739. The van der Waals surface area contributed by atoms with Crippen LogP contribution in [0.4, 0.5) is 19.3 Å². The highest BCUT2D eigenvalue weighted by Gasteiger charge is 2.47. The number of carbonyl (C=O) groups excluding carboxylic acids is 1. The highest BCUT2D eigenvalue weighted by atomic mass is 19.1. The summed E-state index contributed by atoms with van der Waals surface area (Å²) in [5.74, 6) is -1.70. The largest absolute Gasteiger partial charge is 0.446 e. The lowest BCUT2D eigenvalue weighted by Gasteiger charge is -2.44. The minimum absolute atomic E-state index is 0.231. The van der Waals surface area contributed by atoms with Gasteiger partial charge < -0.3 is 28.8 Å². The number of aliphatic hydroxyl groups excluding tert-OH is 1. The summed E-state index contributed by atoms with van der Waals surface area (Å²) < 4.78 is 55.7. The van der Waals surface area contributed by atoms with Gasteiger partial charge in [0.25, 0.3) is 0 Å². The summed E-state index contributed by atoms with van der Waals surface area (Å²) in [6.07, 6.45) is -1.04. The number of benzene rings is 1. The van der Waals surface area contributed by atoms with Crippen LogP contribution < -0.4 is 5.32 Å². The molecule has 0 aliphatic carbocycles. The standard InChI is InChI=1S/C24H37F2NO7/c1-4-7-12-31-22-21(30-11-6-3)20(28)19(34-23(22)32-13-8-5-2)15-33-24(29)27-18-10-9-16(25)14-17(18)26/h9-10,14,19-23,28H,4-8,11-13,15H2,1-3H3,(H,27,29)/t19-,20-,21+,22-,23-/m1/s1. The van der Waals surface area contributed by atoms with Crippen LogP contribution in [0.3, 0.4) is 0 Å². The SMILES string of the molecule is CCCCO[C@@H]1O[C@H](COC(=O)Nc2ccc(F)cc2F)[C@@H](O)[C@H](OCCC)[C@H]1OCCCC. The fourth-order valence-corrected chi connectivity index (χ4v) is 3.39. The van der Waals surface area contributed by atoms with E-state index in [1.54, 1.807) is 0 Å². The van der Waals surface area contributed by atoms with Gasteiger partial charge in [0, 0.05) is 25.9 Å². The van der Waals surface area contributed by atoms with E-state index in [4.69, 9.17) is 23.7 Å². The quantitative estimate of drug-likeness (QED) is 0.374. The van der Waals surface area contributed by atoms with Gasteiger partial charge in [0.05, 0.1) is 5.69 Å². The predicted octanol–water partition coefficient (Wildman–Crippen LogP) is 4.40. The number of rotatable bonds is 14. The molecular formula is C24H37F2NO7. The molecule has 0 saturated carbocycles. The number of amides is 1. The molecule has 1 amide bonds. The molecule has 8 nitrogen and oxygen atoms in total. The van der Waals surface area contributed by atoms with Crippen molar-refractivity contribution in [3.63, 3.8) is 0 Å². The smallest absolute Gasteiger partial charge is 0.411 e. The minimum atomic E-state index is -1.15. The molecule has 1 saturated heterocycles. The number of nitrogens with one attached hydrogen (secondary N) is 1. The first-order chi connectivity index (χ1) is 16.4. The van der Waals surface area contributed by atoms with Gasteiger partial charge in [-0.2, -0.15) is 0 Å². The molecule has 1 aromatic rings. The number of aliphatic hydroxyl groups is 1. The van der Waals surface area contributed by atoms with Crippen molar-refractivity contribution in [1.29, 1.82) is 0 Å². The summed E-state index contributed by atoms with van der Waals surface area (Å²) >= 11 is 0. The number of anilines is 1. The van der Waals surface area contributed by atoms with Crippen LogP contribution in [0.5, 0.6) is 0 Å². The molecule has 2 rings (SSSR count). The van der Waals surface area contributed by atoms with Gasteiger partial charge in [-0.3, -0.25) is 5.32 Å². The van der Waals surface area contributed by atoms with Gasteiger partial charge in [0.15, 0.2) is 6.29 Å². The zero-order chi connectivity index (χ0) is 24.9. The lowest BCUT2D eigenvalue weighted by Crippen LogP contribution is -2.61. The molecule has 0 unspecified atom stereocenters. The van der Waals surface area contributed by atoms with Gasteiger partial charge in [0.2, 0.25) is 0 Å². The first kappa shape index (κ1) is 28.4. The Hall–Kier alpha value is -1.85. The summed E-state index contributed by atoms with van der Waals surface area (Å²) in [7, 11) is 0. The van der Waals surface area contributed by atoms with Crippen molar-refractivity contribution < 1.29 is 42.4 Å². The average molecular weight is 490 g/mol. The number of unbranched alkanes of at least 4 members (excludes halogenated alkanes) is 2. The second-order valence-electron chi connectivity index (χ2n) is 8.13. The zero-order valence-corrected chi connectivity index (χ0v) is 20.1. The Morgan fingerprint density at radius 2 is 1.68 bits per heavy atom. The van der Waals surface area contributed by atoms with Gasteiger partial charge in [0.1, 0.15) is 42.7 Å². The third kappa shape index (κ3) is 8.74. The van der Waals surface area contributed by atoms with Crippen molar-refractivity contribution in [1.82, 2.24) is 0 Å². The number of hydrogen-bond acceptors (Lipinski definition) is 7. The Balaban J connectivity index is 2.06. The highest BCUT2D eigenvalue weighted by Crippen LogP contribution is 2.28. The predicted molar refractivity (Wildman–Crippen MR) is 122 cm³/mol. The Morgan fingerprint density at radius 1 is 1.00 bits per heavy atom. The normalized spacial score (nSPS) is 24.7. The maximum atomic E-state index is 13.8. The first-order valence-corrected chi connectivity index (χ1v) is 12.0. The molecule has 0 radical (unpaired) electrons. The van der Waals surface area contributed by atoms with Crippen LogP contribution in [0, 0.1) is 11.6 Å². The molecule has 194 valence electrons. The zero-order valence-electron chi connectivity index (χ0n) is 20.1. The van der Waals surface area contributed by atoms with E-state index in [9.17, 15) is 18.7 Å². The molecule has 1 heterocycles. The highest BCUT2D eigenvalue weighted by molar-refractivity contribution is 5.84. The third-order valence-corrected chi connectivity index (χ3v) is 5.27. The van der Waals surface area contributed by atoms with E-state index in [0.717, 1.165) is 44.2 Å². The maximum absolute atomic E-state index is 13.8. The van der Waals surface area contributed by atoms with Crippen LogP contribution in [0.2, 0.25) is 0 Å². The molecule has 1 aliphatic heterocycles. The Labute approximate surface area is 199 Å². The topological polar surface area (TPSA) is 95.5 Å². The second kappa shape index (κ2) is 15.2. The third-order valence-electron chi connectivity index (χ3n) is 5.27. The first-order valence-electron chi connectivity index (χ1n) is 12.0. The van der Waals surface area contributed by atoms with Crippen molar-refractivity contribution in [3.8, 4) is 0 Å². The number of ether oxygens (including phenoxy) is 5. The van der Waals surface area contributed by atoms with Gasteiger partial charge in [-0.05, 0) is 31.4 Å². The lowest BCUT2D eigenvalue weighted by molar-refractivity contribution is -0.316. The summed E-state index contributed by atoms with van der Waals surface area (Å²) in [6.45, 7) is 7.00. The van der Waals surface area contributed by atoms with Crippen LogP contribution in [-0.2, 0) is 23.7 Å². The van der Waals surface area contributed by atoms with Gasteiger partial charge in [-0.15, -0.1) is 0 Å². The van der Waals surface area contributed by atoms with Crippen LogP contribution in [0.25, 0.3) is 0 Å². The molecule has 1 aromatic carbocycles. The molecule has 34 heavy (non-hydrogen) atoms. The number of carbonyl (C=O) groups is 1. The number of hydrogen-bond donors (Lipinski definition) is 2. The summed E-state index contributed by atoms with van der Waals surface area (Å²) in [5.41, 5.74) is -0.231. The summed E-state index contributed by atoms with van der Waals surface area (Å²) in [6, 6.07) is 2.75. The van der Waals surface area contributed by atoms with Gasteiger partial charge in [-0.25, -0.2) is 13.6 Å². The molecule has 0 bridgehead atoms. The molecule has 0 aromatic heterocycles. The summed E-state index contributed by atoms with van der Waals surface area (Å²) in [5, 5.41) is 13.2. The van der Waals surface area contributed by atoms with E-state index in [0.29, 0.717) is 25.9 Å². The van der Waals surface area contributed by atoms with Crippen molar-refractivity contribution in [2.45, 2.75) is 83.6 Å². The minimum Gasteiger partial charge on any atom is -0.446 e. The van der Waals surface area contributed by atoms with Crippen LogP contribution in [0.1, 0.15) is 52.9 Å². The molecular weight excluding hydrogens is 452 g/mol. The monoisotopic (exact) mass is 489 g/mol. The van der Waals surface area contributed by atoms with Crippen molar-refractivity contribution in [3.05, 3.63) is 29.8 Å². The number of halogens is 2. The van der Waals surface area contributed by atoms with Gasteiger partial charge >= 0.3 is 6.09 Å². The average Bonchev–Trinajstić information content (AvgIpc) is 2.81. The lowest BCUT2D eigenvalue weighted by atomic mass is 9.98. The molecule has 0 spiro atoms. The molecule has 10 heteroatoms. The molecule has 2 N–H and O–H groups in total. The Kier molecular flexibility index (Phi) is 12.7. The van der Waals surface area contributed by atoms with E-state index in [1.165, 1.54) is 0 Å².